The van der Waals surface area contributed by atoms with Gasteiger partial charge in [-0.05, 0) is 53.7 Å². The highest BCUT2D eigenvalue weighted by Gasteiger charge is 2.64. The van der Waals surface area contributed by atoms with Gasteiger partial charge in [-0.1, -0.05) is 11.8 Å². The van der Waals surface area contributed by atoms with E-state index in [1.807, 2.05) is 0 Å². The van der Waals surface area contributed by atoms with Gasteiger partial charge in [-0.25, -0.2) is 18.0 Å². The molecule has 2 N–H and O–H groups in total. The first-order valence-corrected chi connectivity index (χ1v) is 8.62. The number of urea groups is 1. The Kier molecular flexibility index (Phi) is 3.40. The normalized spacial score (nSPS) is 25.9. The summed E-state index contributed by atoms with van der Waals surface area (Å²) in [4.78, 5) is 12.1. The molecule has 0 bridgehead atoms. The number of rotatable bonds is 2. The van der Waals surface area contributed by atoms with Crippen molar-refractivity contribution < 1.29 is 18.0 Å². The number of amides is 2. The van der Waals surface area contributed by atoms with Gasteiger partial charge in [0.25, 0.3) is 5.92 Å². The number of anilines is 1. The van der Waals surface area contributed by atoms with Gasteiger partial charge < -0.3 is 10.6 Å². The molecule has 7 heteroatoms. The van der Waals surface area contributed by atoms with E-state index in [1.165, 1.54) is 6.07 Å². The minimum Gasteiger partial charge on any atom is -0.312 e. The fourth-order valence-electron chi connectivity index (χ4n) is 2.99. The van der Waals surface area contributed by atoms with Crippen LogP contribution < -0.4 is 10.6 Å². The van der Waals surface area contributed by atoms with E-state index >= 15 is 8.78 Å². The van der Waals surface area contributed by atoms with E-state index in [2.05, 4.69) is 38.4 Å². The largest absolute Gasteiger partial charge is 0.320 e. The number of halogens is 4. The second-order valence-corrected chi connectivity index (χ2v) is 7.44. The van der Waals surface area contributed by atoms with E-state index in [4.69, 9.17) is 0 Å². The molecule has 0 aromatic heterocycles. The average molecular weight is 399 g/mol. The first-order chi connectivity index (χ1) is 11.3. The maximum Gasteiger partial charge on any atom is 0.320 e. The molecule has 1 atom stereocenters. The highest BCUT2D eigenvalue weighted by atomic mass is 79.9. The molecule has 0 radical (unpaired) electrons. The summed E-state index contributed by atoms with van der Waals surface area (Å²) < 4.78 is 44.6. The number of fused-ring (bicyclic) bond motifs is 1. The van der Waals surface area contributed by atoms with Crippen LogP contribution in [0, 0.1) is 29.5 Å². The molecule has 3 nitrogen and oxygen atoms in total. The van der Waals surface area contributed by atoms with Gasteiger partial charge in [0, 0.05) is 17.4 Å². The molecule has 2 aliphatic carbocycles. The molecule has 2 fully saturated rings. The molecule has 0 saturated heterocycles. The van der Waals surface area contributed by atoms with Gasteiger partial charge in [-0.3, -0.25) is 0 Å². The summed E-state index contributed by atoms with van der Waals surface area (Å²) in [6.45, 7) is 0. The zero-order valence-electron chi connectivity index (χ0n) is 12.6. The lowest BCUT2D eigenvalue weighted by atomic mass is 9.79. The molecule has 1 aromatic rings. The Balaban J connectivity index is 1.94. The van der Waals surface area contributed by atoms with E-state index in [9.17, 15) is 9.18 Å². The van der Waals surface area contributed by atoms with Gasteiger partial charge in [0.05, 0.1) is 10.2 Å². The standard InChI is InChI=1S/C17H14BrF3N2O/c18-12-8-14-11(7-13(12)19)16(23-15(24)22-14,6-5-9-1-2-9)17(20,21)10-3-4-10/h7-10H,1-4H2,(H2,22,23,24)/t16-/m0/s1. The Morgan fingerprint density at radius 2 is 1.96 bits per heavy atom. The van der Waals surface area contributed by atoms with Crippen LogP contribution >= 0.6 is 15.9 Å². The van der Waals surface area contributed by atoms with Crippen molar-refractivity contribution in [2.24, 2.45) is 11.8 Å². The van der Waals surface area contributed by atoms with Crippen LogP contribution in [-0.4, -0.2) is 12.0 Å². The van der Waals surface area contributed by atoms with Crippen molar-refractivity contribution in [2.75, 3.05) is 5.32 Å². The fraction of sp³-hybridized carbons (Fsp3) is 0.471. The molecule has 0 spiro atoms. The van der Waals surface area contributed by atoms with Crippen molar-refractivity contribution in [3.05, 3.63) is 28.0 Å². The molecule has 4 rings (SSSR count). The van der Waals surface area contributed by atoms with Crippen LogP contribution in [-0.2, 0) is 5.54 Å². The molecule has 0 unspecified atom stereocenters. The molecule has 1 heterocycles. The number of carbonyl (C=O) groups is 1. The Bertz CT molecular complexity index is 793. The van der Waals surface area contributed by atoms with Gasteiger partial charge in [0.15, 0.2) is 5.54 Å². The number of hydrogen-bond acceptors (Lipinski definition) is 1. The first kappa shape index (κ1) is 15.8. The highest BCUT2D eigenvalue weighted by molar-refractivity contribution is 9.10. The SMILES string of the molecule is O=C1Nc2cc(Br)c(F)cc2[C@@](C#CC2CC2)(C(F)(F)C2CC2)N1. The van der Waals surface area contributed by atoms with Crippen molar-refractivity contribution in [3.63, 3.8) is 0 Å². The van der Waals surface area contributed by atoms with Crippen LogP contribution in [0.4, 0.5) is 23.7 Å². The van der Waals surface area contributed by atoms with E-state index in [0.29, 0.717) is 12.8 Å². The summed E-state index contributed by atoms with van der Waals surface area (Å²) in [6.07, 6.45) is 2.48. The Hall–Kier alpha value is -1.68. The van der Waals surface area contributed by atoms with E-state index in [0.717, 1.165) is 18.9 Å². The van der Waals surface area contributed by atoms with Crippen molar-refractivity contribution in [2.45, 2.75) is 37.1 Å². The zero-order valence-corrected chi connectivity index (χ0v) is 14.1. The molecule has 24 heavy (non-hydrogen) atoms. The van der Waals surface area contributed by atoms with Crippen LogP contribution in [0.15, 0.2) is 16.6 Å². The fourth-order valence-corrected chi connectivity index (χ4v) is 3.33. The second-order valence-electron chi connectivity index (χ2n) is 6.58. The van der Waals surface area contributed by atoms with Crippen LogP contribution in [0.1, 0.15) is 31.2 Å². The van der Waals surface area contributed by atoms with Gasteiger partial charge in [-0.15, -0.1) is 0 Å². The van der Waals surface area contributed by atoms with Crippen LogP contribution in [0.3, 0.4) is 0 Å². The Morgan fingerprint density at radius 1 is 1.25 bits per heavy atom. The van der Waals surface area contributed by atoms with Gasteiger partial charge in [0.2, 0.25) is 0 Å². The lowest BCUT2D eigenvalue weighted by molar-refractivity contribution is -0.0847. The van der Waals surface area contributed by atoms with Gasteiger partial charge >= 0.3 is 6.03 Å². The van der Waals surface area contributed by atoms with E-state index in [1.54, 1.807) is 0 Å². The maximum absolute atomic E-state index is 15.2. The van der Waals surface area contributed by atoms with E-state index in [-0.39, 0.29) is 21.6 Å². The summed E-state index contributed by atoms with van der Waals surface area (Å²) >= 11 is 3.03. The Labute approximate surface area is 145 Å². The molecular weight excluding hydrogens is 385 g/mol. The van der Waals surface area contributed by atoms with E-state index < -0.39 is 29.2 Å². The first-order valence-electron chi connectivity index (χ1n) is 7.83. The minimum absolute atomic E-state index is 0.0205. The highest BCUT2D eigenvalue weighted by Crippen LogP contribution is 2.55. The maximum atomic E-state index is 15.2. The summed E-state index contributed by atoms with van der Waals surface area (Å²) in [5.41, 5.74) is -2.07. The molecule has 1 aliphatic heterocycles. The van der Waals surface area contributed by atoms with Crippen molar-refractivity contribution in [1.29, 1.82) is 0 Å². The topological polar surface area (TPSA) is 41.1 Å². The smallest absolute Gasteiger partial charge is 0.312 e. The van der Waals surface area contributed by atoms with Crippen molar-refractivity contribution in [3.8, 4) is 11.8 Å². The second kappa shape index (κ2) is 5.16. The zero-order chi connectivity index (χ0) is 17.1. The summed E-state index contributed by atoms with van der Waals surface area (Å²) in [5.74, 6) is 0.755. The molecular formula is C17H14BrF3N2O. The quantitative estimate of drug-likeness (QED) is 0.713. The summed E-state index contributed by atoms with van der Waals surface area (Å²) in [7, 11) is 0. The minimum atomic E-state index is -3.28. The molecule has 2 saturated carbocycles. The monoisotopic (exact) mass is 398 g/mol. The number of alkyl halides is 2. The average Bonchev–Trinajstić information content (AvgIpc) is 3.37. The molecule has 1 aromatic carbocycles. The molecule has 2 amide bonds. The third-order valence-electron chi connectivity index (χ3n) is 4.64. The van der Waals surface area contributed by atoms with Crippen molar-refractivity contribution in [1.82, 2.24) is 5.32 Å². The molecule has 3 aliphatic rings. The van der Waals surface area contributed by atoms with Gasteiger partial charge in [0.1, 0.15) is 5.82 Å². The predicted molar refractivity (Wildman–Crippen MR) is 86.1 cm³/mol. The van der Waals surface area contributed by atoms with Gasteiger partial charge in [-0.2, -0.15) is 0 Å². The summed E-state index contributed by atoms with van der Waals surface area (Å²) in [5, 5.41) is 4.79. The number of benzene rings is 1. The number of carbonyl (C=O) groups excluding carboxylic acids is 1. The Morgan fingerprint density at radius 3 is 2.58 bits per heavy atom. The van der Waals surface area contributed by atoms with Crippen LogP contribution in [0.2, 0.25) is 0 Å². The molecule has 126 valence electrons. The lowest BCUT2D eigenvalue weighted by Crippen LogP contribution is -2.61. The summed E-state index contributed by atoms with van der Waals surface area (Å²) in [6, 6.07) is 1.58. The third-order valence-corrected chi connectivity index (χ3v) is 5.25. The number of nitrogens with one attached hydrogen (secondary N) is 2. The number of hydrogen-bond donors (Lipinski definition) is 2. The van der Waals surface area contributed by atoms with Crippen molar-refractivity contribution >= 4 is 27.6 Å². The van der Waals surface area contributed by atoms with Crippen LogP contribution in [0.5, 0.6) is 0 Å². The third kappa shape index (κ3) is 2.39. The predicted octanol–water partition coefficient (Wildman–Crippen LogP) is 4.38. The van der Waals surface area contributed by atoms with Crippen LogP contribution in [0.25, 0.3) is 0 Å². The lowest BCUT2D eigenvalue weighted by Gasteiger charge is -2.41.